The van der Waals surface area contributed by atoms with Crippen LogP contribution in [0.2, 0.25) is 0 Å². The lowest BCUT2D eigenvalue weighted by Gasteiger charge is -2.17. The Morgan fingerprint density at radius 3 is 2.53 bits per heavy atom. The molecule has 17 heavy (non-hydrogen) atoms. The number of alkyl halides is 3. The molecule has 1 atom stereocenters. The van der Waals surface area contributed by atoms with Crippen molar-refractivity contribution in [2.24, 2.45) is 0 Å². The summed E-state index contributed by atoms with van der Waals surface area (Å²) in [6, 6.07) is 1.81. The number of nitrogens with zero attached hydrogens (tertiary/aromatic N) is 1. The molecule has 1 unspecified atom stereocenters. The number of rotatable bonds is 2. The zero-order valence-corrected chi connectivity index (χ0v) is 9.21. The van der Waals surface area contributed by atoms with Crippen molar-refractivity contribution >= 4 is 5.97 Å². The van der Waals surface area contributed by atoms with E-state index in [4.69, 9.17) is 10.1 Å². The van der Waals surface area contributed by atoms with Gasteiger partial charge in [0.25, 0.3) is 0 Å². The molecule has 1 aromatic rings. The molecule has 1 N–H and O–H groups in total. The summed E-state index contributed by atoms with van der Waals surface area (Å²) in [6.45, 7) is 2.54. The predicted octanol–water partition coefficient (Wildman–Crippen LogP) is 2.07. The van der Waals surface area contributed by atoms with Crippen molar-refractivity contribution in [1.82, 2.24) is 4.57 Å². The van der Waals surface area contributed by atoms with Crippen LogP contribution in [0.3, 0.4) is 0 Å². The normalized spacial score (nSPS) is 13.2. The molecule has 0 saturated heterocycles. The smallest absolute Gasteiger partial charge is 0.417 e. The number of carbonyl (C=O) groups excluding carboxylic acids is 1. The zero-order valence-electron chi connectivity index (χ0n) is 9.21. The van der Waals surface area contributed by atoms with Gasteiger partial charge in [0.05, 0.1) is 5.56 Å². The van der Waals surface area contributed by atoms with Gasteiger partial charge in [-0.05, 0) is 19.1 Å². The van der Waals surface area contributed by atoms with Crippen molar-refractivity contribution in [3.05, 3.63) is 29.4 Å². The summed E-state index contributed by atoms with van der Waals surface area (Å²) >= 11 is 0. The molecule has 0 aliphatic carbocycles. The highest BCUT2D eigenvalue weighted by Gasteiger charge is 2.31. The van der Waals surface area contributed by atoms with Gasteiger partial charge < -0.3 is 4.74 Å². The number of nitrogens with one attached hydrogen (secondary N) is 1. The lowest BCUT2D eigenvalue weighted by Crippen LogP contribution is -2.26. The van der Waals surface area contributed by atoms with Crippen molar-refractivity contribution < 1.29 is 22.7 Å². The molecule has 0 saturated carbocycles. The average molecular weight is 248 g/mol. The Morgan fingerprint density at radius 1 is 1.47 bits per heavy atom. The number of ether oxygens (including phenoxy) is 1. The van der Waals surface area contributed by atoms with E-state index in [9.17, 15) is 18.0 Å². The molecule has 94 valence electrons. The van der Waals surface area contributed by atoms with E-state index in [1.807, 2.05) is 0 Å². The van der Waals surface area contributed by atoms with Crippen LogP contribution in [-0.4, -0.2) is 10.5 Å². The van der Waals surface area contributed by atoms with Crippen LogP contribution >= 0.6 is 0 Å². The van der Waals surface area contributed by atoms with Crippen LogP contribution < -0.4 is 5.49 Å². The minimum atomic E-state index is -4.49. The van der Waals surface area contributed by atoms with Gasteiger partial charge in [0.2, 0.25) is 0 Å². The first kappa shape index (κ1) is 13.3. The Balaban J connectivity index is 3.15. The molecule has 0 fully saturated rings. The van der Waals surface area contributed by atoms with Gasteiger partial charge in [-0.3, -0.25) is 14.8 Å². The Kier molecular flexibility index (Phi) is 3.59. The molecule has 0 spiro atoms. The van der Waals surface area contributed by atoms with E-state index in [1.54, 1.807) is 0 Å². The third-order valence-electron chi connectivity index (χ3n) is 2.03. The van der Waals surface area contributed by atoms with E-state index in [1.165, 1.54) is 6.92 Å². The quantitative estimate of drug-likeness (QED) is 0.814. The fourth-order valence-electron chi connectivity index (χ4n) is 1.28. The van der Waals surface area contributed by atoms with Crippen molar-refractivity contribution in [2.75, 3.05) is 0 Å². The van der Waals surface area contributed by atoms with Gasteiger partial charge in [-0.15, -0.1) is 0 Å². The number of hydrogen-bond donors (Lipinski definition) is 1. The number of hydrogen-bond acceptors (Lipinski definition) is 3. The first-order valence-electron chi connectivity index (χ1n) is 4.73. The molecule has 0 aliphatic rings. The maximum atomic E-state index is 12.4. The molecule has 0 radical (unpaired) electrons. The van der Waals surface area contributed by atoms with Crippen molar-refractivity contribution in [3.63, 3.8) is 0 Å². The second kappa shape index (κ2) is 4.60. The van der Waals surface area contributed by atoms with Gasteiger partial charge in [-0.1, -0.05) is 0 Å². The Morgan fingerprint density at radius 2 is 2.06 bits per heavy atom. The fraction of sp³-hybridized carbons (Fsp3) is 0.400. The Labute approximate surface area is 95.1 Å². The predicted molar refractivity (Wildman–Crippen MR) is 51.8 cm³/mol. The van der Waals surface area contributed by atoms with Crippen LogP contribution in [0.15, 0.2) is 18.3 Å². The second-order valence-corrected chi connectivity index (χ2v) is 3.42. The first-order valence-corrected chi connectivity index (χ1v) is 4.73. The largest absolute Gasteiger partial charge is 0.442 e. The molecule has 0 aliphatic heterocycles. The summed E-state index contributed by atoms with van der Waals surface area (Å²) in [4.78, 5) is 10.7. The molecular formula is C10H11F3N2O2. The minimum absolute atomic E-state index is 0.174. The summed E-state index contributed by atoms with van der Waals surface area (Å²) < 4.78 is 43.0. The molecule has 0 aromatic carbocycles. The fourth-order valence-corrected chi connectivity index (χ4v) is 1.28. The van der Waals surface area contributed by atoms with Gasteiger partial charge in [-0.25, -0.2) is 0 Å². The van der Waals surface area contributed by atoms with Gasteiger partial charge in [0.15, 0.2) is 6.23 Å². The summed E-state index contributed by atoms with van der Waals surface area (Å²) in [5, 5.41) is 7.45. The van der Waals surface area contributed by atoms with Crippen molar-refractivity contribution in [3.8, 4) is 0 Å². The highest BCUT2D eigenvalue weighted by Crippen LogP contribution is 2.28. The molecule has 0 amide bonds. The third-order valence-corrected chi connectivity index (χ3v) is 2.03. The van der Waals surface area contributed by atoms with E-state index >= 15 is 0 Å². The molecule has 4 nitrogen and oxygen atoms in total. The molecule has 1 heterocycles. The molecule has 1 rings (SSSR count). The number of esters is 1. The maximum Gasteiger partial charge on any atom is 0.417 e. The summed E-state index contributed by atoms with van der Waals surface area (Å²) in [5.41, 5.74) is -1.07. The number of carbonyl (C=O) groups is 1. The third kappa shape index (κ3) is 3.33. The lowest BCUT2D eigenvalue weighted by molar-refractivity contribution is -0.150. The molecular weight excluding hydrogens is 237 g/mol. The zero-order chi connectivity index (χ0) is 13.2. The number of halogens is 3. The minimum Gasteiger partial charge on any atom is -0.442 e. The standard InChI is InChI=1S/C10H11F3N2O2/c1-6(17-7(2)16)15-5-8(10(11,12)13)3-4-9(15)14/h3-6,14H,1-2H3. The number of aromatic nitrogens is 1. The van der Waals surface area contributed by atoms with Crippen LogP contribution in [0.1, 0.15) is 25.6 Å². The van der Waals surface area contributed by atoms with Crippen LogP contribution in [0, 0.1) is 5.41 Å². The SMILES string of the molecule is CC(=O)OC(C)n1cc(C(F)(F)F)ccc1=N. The van der Waals surface area contributed by atoms with E-state index in [-0.39, 0.29) is 5.49 Å². The maximum absolute atomic E-state index is 12.4. The van der Waals surface area contributed by atoms with Gasteiger partial charge in [0, 0.05) is 13.1 Å². The second-order valence-electron chi connectivity index (χ2n) is 3.42. The van der Waals surface area contributed by atoms with Crippen LogP contribution in [0.4, 0.5) is 13.2 Å². The summed E-state index contributed by atoms with van der Waals surface area (Å²) in [5.74, 6) is -0.623. The van der Waals surface area contributed by atoms with Crippen molar-refractivity contribution in [2.45, 2.75) is 26.3 Å². The van der Waals surface area contributed by atoms with Gasteiger partial charge in [0.1, 0.15) is 5.49 Å². The van der Waals surface area contributed by atoms with Crippen LogP contribution in [-0.2, 0) is 15.7 Å². The summed E-state index contributed by atoms with van der Waals surface area (Å²) in [6.07, 6.45) is -4.70. The van der Waals surface area contributed by atoms with E-state index in [2.05, 4.69) is 0 Å². The van der Waals surface area contributed by atoms with E-state index in [0.29, 0.717) is 0 Å². The summed E-state index contributed by atoms with van der Waals surface area (Å²) in [7, 11) is 0. The molecule has 0 bridgehead atoms. The molecule has 7 heteroatoms. The van der Waals surface area contributed by atoms with Crippen LogP contribution in [0.25, 0.3) is 0 Å². The van der Waals surface area contributed by atoms with E-state index in [0.717, 1.165) is 29.8 Å². The monoisotopic (exact) mass is 248 g/mol. The lowest BCUT2D eigenvalue weighted by atomic mass is 10.2. The van der Waals surface area contributed by atoms with Crippen molar-refractivity contribution in [1.29, 1.82) is 5.41 Å². The number of pyridine rings is 1. The highest BCUT2D eigenvalue weighted by atomic mass is 19.4. The highest BCUT2D eigenvalue weighted by molar-refractivity contribution is 5.65. The van der Waals surface area contributed by atoms with E-state index < -0.39 is 23.9 Å². The first-order chi connectivity index (χ1) is 7.71. The van der Waals surface area contributed by atoms with Crippen LogP contribution in [0.5, 0.6) is 0 Å². The average Bonchev–Trinajstić information content (AvgIpc) is 2.15. The Bertz CT molecular complexity index is 479. The van der Waals surface area contributed by atoms with Gasteiger partial charge in [-0.2, -0.15) is 13.2 Å². The topological polar surface area (TPSA) is 55.1 Å². The molecule has 1 aromatic heterocycles. The van der Waals surface area contributed by atoms with Gasteiger partial charge >= 0.3 is 12.1 Å². The Hall–Kier alpha value is -1.79.